The van der Waals surface area contributed by atoms with Crippen molar-refractivity contribution in [1.29, 1.82) is 0 Å². The van der Waals surface area contributed by atoms with Crippen LogP contribution in [0.5, 0.6) is 0 Å². The summed E-state index contributed by atoms with van der Waals surface area (Å²) in [6.07, 6.45) is 7.19. The third kappa shape index (κ3) is 3.14. The van der Waals surface area contributed by atoms with Crippen molar-refractivity contribution in [3.63, 3.8) is 0 Å². The molecule has 0 heterocycles. The molecule has 1 nitrogen and oxygen atoms in total. The Kier molecular flexibility index (Phi) is 4.07. The number of hydrogen-bond donors (Lipinski definition) is 1. The molecule has 1 saturated carbocycles. The Morgan fingerprint density at radius 1 is 1.33 bits per heavy atom. The van der Waals surface area contributed by atoms with Crippen LogP contribution in [0.4, 0.5) is 0 Å². The summed E-state index contributed by atoms with van der Waals surface area (Å²) in [4.78, 5) is 0. The van der Waals surface area contributed by atoms with Gasteiger partial charge in [-0.2, -0.15) is 0 Å². The Hall–Kier alpha value is -0.0400. The molecule has 1 aliphatic rings. The Bertz CT molecular complexity index is 116. The second-order valence-electron chi connectivity index (χ2n) is 4.65. The van der Waals surface area contributed by atoms with Crippen LogP contribution in [0.25, 0.3) is 0 Å². The summed E-state index contributed by atoms with van der Waals surface area (Å²) in [5, 5.41) is 3.43. The van der Waals surface area contributed by atoms with Gasteiger partial charge in [0.1, 0.15) is 0 Å². The van der Waals surface area contributed by atoms with Crippen LogP contribution in [-0.4, -0.2) is 13.1 Å². The molecule has 0 aromatic rings. The summed E-state index contributed by atoms with van der Waals surface area (Å²) in [7, 11) is 2.10. The Morgan fingerprint density at radius 3 is 2.33 bits per heavy atom. The molecule has 12 heavy (non-hydrogen) atoms. The minimum Gasteiger partial charge on any atom is -0.317 e. The smallest absolute Gasteiger partial charge is 0.00691 e. The van der Waals surface area contributed by atoms with Crippen LogP contribution in [0.1, 0.15) is 46.0 Å². The highest BCUT2D eigenvalue weighted by atomic mass is 14.9. The van der Waals surface area contributed by atoms with Gasteiger partial charge in [-0.25, -0.2) is 0 Å². The van der Waals surface area contributed by atoms with Gasteiger partial charge in [0.05, 0.1) is 0 Å². The van der Waals surface area contributed by atoms with E-state index in [1.165, 1.54) is 32.1 Å². The van der Waals surface area contributed by atoms with Crippen molar-refractivity contribution >= 4 is 0 Å². The minimum atomic E-state index is 0.773. The lowest BCUT2D eigenvalue weighted by Crippen LogP contribution is -2.31. The van der Waals surface area contributed by atoms with Gasteiger partial charge in [0.25, 0.3) is 0 Å². The summed E-state index contributed by atoms with van der Waals surface area (Å²) in [6, 6.07) is 0.773. The molecule has 1 aliphatic carbocycles. The molecular weight excluding hydrogens is 146 g/mol. The molecule has 0 aliphatic heterocycles. The van der Waals surface area contributed by atoms with Crippen molar-refractivity contribution in [2.75, 3.05) is 7.05 Å². The molecule has 1 heteroatoms. The van der Waals surface area contributed by atoms with Gasteiger partial charge in [0.2, 0.25) is 0 Å². The van der Waals surface area contributed by atoms with Gasteiger partial charge in [0.15, 0.2) is 0 Å². The van der Waals surface area contributed by atoms with Crippen molar-refractivity contribution in [1.82, 2.24) is 5.32 Å². The van der Waals surface area contributed by atoms with Gasteiger partial charge in [-0.1, -0.05) is 33.1 Å². The zero-order valence-electron chi connectivity index (χ0n) is 8.77. The Labute approximate surface area is 76.9 Å². The lowest BCUT2D eigenvalue weighted by molar-refractivity contribution is 0.250. The van der Waals surface area contributed by atoms with Gasteiger partial charge in [-0.15, -0.1) is 0 Å². The van der Waals surface area contributed by atoms with Gasteiger partial charge < -0.3 is 5.32 Å². The fourth-order valence-electron chi connectivity index (χ4n) is 2.03. The maximum atomic E-state index is 3.43. The van der Waals surface area contributed by atoms with Crippen molar-refractivity contribution in [2.24, 2.45) is 11.8 Å². The quantitative estimate of drug-likeness (QED) is 0.667. The average molecular weight is 169 g/mol. The largest absolute Gasteiger partial charge is 0.317 e. The van der Waals surface area contributed by atoms with Gasteiger partial charge >= 0.3 is 0 Å². The molecule has 0 spiro atoms. The maximum absolute atomic E-state index is 3.43. The molecule has 1 fully saturated rings. The zero-order chi connectivity index (χ0) is 8.97. The second-order valence-corrected chi connectivity index (χ2v) is 4.65. The standard InChI is InChI=1S/C11H23N/c1-9(2)7-11(12-3)8-10-5-4-6-10/h9-12H,4-8H2,1-3H3. The summed E-state index contributed by atoms with van der Waals surface area (Å²) in [6.45, 7) is 4.62. The Balaban J connectivity index is 2.15. The van der Waals surface area contributed by atoms with E-state index in [4.69, 9.17) is 0 Å². The maximum Gasteiger partial charge on any atom is 0.00691 e. The first-order chi connectivity index (χ1) is 5.72. The molecule has 0 saturated heterocycles. The van der Waals surface area contributed by atoms with Gasteiger partial charge in [0, 0.05) is 6.04 Å². The van der Waals surface area contributed by atoms with Crippen LogP contribution in [0, 0.1) is 11.8 Å². The molecule has 0 amide bonds. The first-order valence-electron chi connectivity index (χ1n) is 5.39. The van der Waals surface area contributed by atoms with Crippen molar-refractivity contribution in [3.8, 4) is 0 Å². The predicted molar refractivity (Wildman–Crippen MR) is 54.3 cm³/mol. The lowest BCUT2D eigenvalue weighted by atomic mass is 9.79. The van der Waals surface area contributed by atoms with E-state index in [0.717, 1.165) is 17.9 Å². The lowest BCUT2D eigenvalue weighted by Gasteiger charge is -2.30. The van der Waals surface area contributed by atoms with E-state index >= 15 is 0 Å². The molecule has 0 radical (unpaired) electrons. The molecule has 1 rings (SSSR count). The predicted octanol–water partition coefficient (Wildman–Crippen LogP) is 2.81. The van der Waals surface area contributed by atoms with E-state index in [1.54, 1.807) is 0 Å². The molecule has 0 aromatic carbocycles. The third-order valence-corrected chi connectivity index (χ3v) is 3.01. The molecule has 1 atom stereocenters. The number of rotatable bonds is 5. The first-order valence-corrected chi connectivity index (χ1v) is 5.39. The number of nitrogens with one attached hydrogen (secondary N) is 1. The van der Waals surface area contributed by atoms with Crippen LogP contribution in [0.3, 0.4) is 0 Å². The average Bonchev–Trinajstić information content (AvgIpc) is 1.93. The van der Waals surface area contributed by atoms with E-state index in [0.29, 0.717) is 0 Å². The molecule has 1 N–H and O–H groups in total. The SMILES string of the molecule is CNC(CC(C)C)CC1CCC1. The summed E-state index contributed by atoms with van der Waals surface area (Å²) >= 11 is 0. The van der Waals surface area contributed by atoms with Crippen molar-refractivity contribution in [2.45, 2.75) is 52.0 Å². The molecule has 1 unspecified atom stereocenters. The summed E-state index contributed by atoms with van der Waals surface area (Å²) in [5.41, 5.74) is 0. The van der Waals surface area contributed by atoms with Crippen molar-refractivity contribution in [3.05, 3.63) is 0 Å². The third-order valence-electron chi connectivity index (χ3n) is 3.01. The fourth-order valence-corrected chi connectivity index (χ4v) is 2.03. The van der Waals surface area contributed by atoms with Crippen LogP contribution in [0.15, 0.2) is 0 Å². The fraction of sp³-hybridized carbons (Fsp3) is 1.00. The second kappa shape index (κ2) is 4.86. The highest BCUT2D eigenvalue weighted by molar-refractivity contribution is 4.77. The van der Waals surface area contributed by atoms with Crippen LogP contribution in [-0.2, 0) is 0 Å². The molecule has 0 bridgehead atoms. The molecule has 0 aromatic heterocycles. The van der Waals surface area contributed by atoms with E-state index in [-0.39, 0.29) is 0 Å². The Morgan fingerprint density at radius 2 is 2.00 bits per heavy atom. The van der Waals surface area contributed by atoms with E-state index < -0.39 is 0 Å². The molecule has 72 valence electrons. The van der Waals surface area contributed by atoms with Gasteiger partial charge in [-0.3, -0.25) is 0 Å². The van der Waals surface area contributed by atoms with Gasteiger partial charge in [-0.05, 0) is 31.7 Å². The van der Waals surface area contributed by atoms with Crippen molar-refractivity contribution < 1.29 is 0 Å². The minimum absolute atomic E-state index is 0.773. The zero-order valence-corrected chi connectivity index (χ0v) is 8.77. The van der Waals surface area contributed by atoms with E-state index in [2.05, 4.69) is 26.2 Å². The van der Waals surface area contributed by atoms with E-state index in [1.807, 2.05) is 0 Å². The summed E-state index contributed by atoms with van der Waals surface area (Å²) < 4.78 is 0. The summed E-state index contributed by atoms with van der Waals surface area (Å²) in [5.74, 6) is 1.88. The monoisotopic (exact) mass is 169 g/mol. The topological polar surface area (TPSA) is 12.0 Å². The van der Waals surface area contributed by atoms with Crippen LogP contribution >= 0.6 is 0 Å². The van der Waals surface area contributed by atoms with E-state index in [9.17, 15) is 0 Å². The highest BCUT2D eigenvalue weighted by Gasteiger charge is 2.21. The van der Waals surface area contributed by atoms with Crippen LogP contribution < -0.4 is 5.32 Å². The first kappa shape index (κ1) is 10.0. The van der Waals surface area contributed by atoms with Crippen LogP contribution in [0.2, 0.25) is 0 Å². The highest BCUT2D eigenvalue weighted by Crippen LogP contribution is 2.31. The normalized spacial score (nSPS) is 21.0. The number of hydrogen-bond acceptors (Lipinski definition) is 1. The molecular formula is C11H23N.